The number of nitrogens with zero attached hydrogens (tertiary/aromatic N) is 5. The van der Waals surface area contributed by atoms with Crippen LogP contribution in [0.15, 0.2) is 67.1 Å². The molecule has 0 saturated carbocycles. The highest BCUT2D eigenvalue weighted by Gasteiger charge is 2.09. The molecule has 1 aromatic carbocycles. The second-order valence-electron chi connectivity index (χ2n) is 4.71. The van der Waals surface area contributed by atoms with E-state index in [9.17, 15) is 0 Å². The van der Waals surface area contributed by atoms with Crippen LogP contribution in [-0.2, 0) is 0 Å². The molecule has 0 aliphatic carbocycles. The molecule has 0 atom stereocenters. The Morgan fingerprint density at radius 2 is 1.71 bits per heavy atom. The lowest BCUT2D eigenvalue weighted by molar-refractivity contribution is 0.800. The van der Waals surface area contributed by atoms with E-state index >= 15 is 0 Å². The Labute approximate surface area is 140 Å². The first-order chi connectivity index (χ1) is 11.9. The van der Waals surface area contributed by atoms with E-state index in [0.717, 1.165) is 22.5 Å². The van der Waals surface area contributed by atoms with Gasteiger partial charge in [-0.2, -0.15) is 14.8 Å². The van der Waals surface area contributed by atoms with E-state index in [1.807, 2.05) is 62.4 Å². The van der Waals surface area contributed by atoms with Crippen LogP contribution < -0.4 is 5.32 Å². The summed E-state index contributed by atoms with van der Waals surface area (Å²) in [6.45, 7) is 4.00. The zero-order valence-electron chi connectivity index (χ0n) is 13.6. The summed E-state index contributed by atoms with van der Waals surface area (Å²) >= 11 is 0. The summed E-state index contributed by atoms with van der Waals surface area (Å²) in [5.74, 6) is 0.548. The number of hydrogen-bond donors (Lipinski definition) is 1. The Bertz CT molecular complexity index is 917. The van der Waals surface area contributed by atoms with Crippen molar-refractivity contribution in [2.45, 2.75) is 13.8 Å². The Morgan fingerprint density at radius 1 is 0.875 bits per heavy atom. The molecule has 0 fully saturated rings. The van der Waals surface area contributed by atoms with Crippen molar-refractivity contribution in [3.05, 3.63) is 67.1 Å². The third kappa shape index (κ3) is 3.22. The first-order valence-corrected chi connectivity index (χ1v) is 7.85. The van der Waals surface area contributed by atoms with Crippen LogP contribution in [-0.4, -0.2) is 24.8 Å². The minimum Gasteiger partial charge on any atom is -0.324 e. The molecule has 4 aromatic rings. The number of fused-ring (bicyclic) bond motifs is 1. The quantitative estimate of drug-likeness (QED) is 0.619. The van der Waals surface area contributed by atoms with E-state index in [2.05, 4.69) is 25.5 Å². The van der Waals surface area contributed by atoms with Gasteiger partial charge < -0.3 is 5.32 Å². The smallest absolute Gasteiger partial charge is 0.227 e. The highest BCUT2D eigenvalue weighted by Crippen LogP contribution is 2.23. The second kappa shape index (κ2) is 7.32. The summed E-state index contributed by atoms with van der Waals surface area (Å²) in [6, 6.07) is 15.5. The molecule has 0 aliphatic heterocycles. The summed E-state index contributed by atoms with van der Waals surface area (Å²) in [6.07, 6.45) is 5.19. The molecular formula is C18H18N6. The highest BCUT2D eigenvalue weighted by atomic mass is 15.4. The lowest BCUT2D eigenvalue weighted by Crippen LogP contribution is -1.97. The summed E-state index contributed by atoms with van der Waals surface area (Å²) in [5, 5.41) is 11.6. The minimum atomic E-state index is 0.548. The van der Waals surface area contributed by atoms with Gasteiger partial charge in [0, 0.05) is 23.6 Å². The summed E-state index contributed by atoms with van der Waals surface area (Å²) < 4.78 is 1.59. The molecule has 120 valence electrons. The van der Waals surface area contributed by atoms with Crippen molar-refractivity contribution in [3.63, 3.8) is 0 Å². The van der Waals surface area contributed by atoms with Gasteiger partial charge in [-0.05, 0) is 30.3 Å². The highest BCUT2D eigenvalue weighted by molar-refractivity contribution is 5.77. The average molecular weight is 318 g/mol. The molecular weight excluding hydrogens is 300 g/mol. The van der Waals surface area contributed by atoms with E-state index in [4.69, 9.17) is 0 Å². The van der Waals surface area contributed by atoms with Gasteiger partial charge in [0.15, 0.2) is 0 Å². The molecule has 0 spiro atoms. The molecule has 0 aliphatic rings. The van der Waals surface area contributed by atoms with Crippen molar-refractivity contribution in [2.75, 3.05) is 5.32 Å². The molecule has 0 radical (unpaired) electrons. The topological polar surface area (TPSA) is 68.0 Å². The van der Waals surface area contributed by atoms with E-state index in [1.54, 1.807) is 23.2 Å². The lowest BCUT2D eigenvalue weighted by atomic mass is 10.2. The molecule has 3 heterocycles. The number of rotatable bonds is 3. The van der Waals surface area contributed by atoms with Crippen LogP contribution in [0.2, 0.25) is 0 Å². The molecule has 3 aromatic heterocycles. The van der Waals surface area contributed by atoms with Gasteiger partial charge in [0.2, 0.25) is 5.95 Å². The Balaban J connectivity index is 0.000000815. The van der Waals surface area contributed by atoms with Crippen molar-refractivity contribution in [1.82, 2.24) is 24.8 Å². The van der Waals surface area contributed by atoms with Crippen molar-refractivity contribution in [3.8, 4) is 11.3 Å². The first kappa shape index (κ1) is 15.6. The van der Waals surface area contributed by atoms with Gasteiger partial charge >= 0.3 is 0 Å². The molecule has 0 bridgehead atoms. The van der Waals surface area contributed by atoms with E-state index in [-0.39, 0.29) is 0 Å². The second-order valence-corrected chi connectivity index (χ2v) is 4.71. The van der Waals surface area contributed by atoms with Crippen LogP contribution in [0.25, 0.3) is 16.8 Å². The lowest BCUT2D eigenvalue weighted by Gasteiger charge is -2.05. The Hall–Kier alpha value is -3.28. The monoisotopic (exact) mass is 318 g/mol. The third-order valence-electron chi connectivity index (χ3n) is 3.27. The van der Waals surface area contributed by atoms with Crippen molar-refractivity contribution >= 4 is 17.2 Å². The van der Waals surface area contributed by atoms with E-state index in [1.165, 1.54) is 0 Å². The fourth-order valence-corrected chi connectivity index (χ4v) is 2.25. The van der Waals surface area contributed by atoms with Gasteiger partial charge in [0.05, 0.1) is 17.4 Å². The number of nitrogens with one attached hydrogen (secondary N) is 1. The molecule has 0 unspecified atom stereocenters. The predicted molar refractivity (Wildman–Crippen MR) is 95.1 cm³/mol. The fraction of sp³-hybridized carbons (Fsp3) is 0.111. The molecule has 6 heteroatoms. The molecule has 1 N–H and O–H groups in total. The number of hydrogen-bond acceptors (Lipinski definition) is 5. The van der Waals surface area contributed by atoms with Crippen LogP contribution in [0.1, 0.15) is 13.8 Å². The van der Waals surface area contributed by atoms with Crippen molar-refractivity contribution in [2.24, 2.45) is 0 Å². The van der Waals surface area contributed by atoms with E-state index < -0.39 is 0 Å². The zero-order valence-corrected chi connectivity index (χ0v) is 13.6. The van der Waals surface area contributed by atoms with Gasteiger partial charge in [0.1, 0.15) is 0 Å². The zero-order chi connectivity index (χ0) is 16.8. The normalized spacial score (nSPS) is 10.1. The number of anilines is 2. The molecule has 6 nitrogen and oxygen atoms in total. The van der Waals surface area contributed by atoms with Gasteiger partial charge in [-0.1, -0.05) is 32.0 Å². The number of benzene rings is 1. The Kier molecular flexibility index (Phi) is 4.76. The minimum absolute atomic E-state index is 0.548. The van der Waals surface area contributed by atoms with E-state index in [0.29, 0.717) is 5.95 Å². The van der Waals surface area contributed by atoms with Gasteiger partial charge in [0.25, 0.3) is 0 Å². The maximum atomic E-state index is 4.56. The Morgan fingerprint density at radius 3 is 2.54 bits per heavy atom. The molecule has 0 saturated heterocycles. The largest absolute Gasteiger partial charge is 0.324 e. The summed E-state index contributed by atoms with van der Waals surface area (Å²) in [5.41, 5.74) is 3.58. The third-order valence-corrected chi connectivity index (χ3v) is 3.27. The average Bonchev–Trinajstić information content (AvgIpc) is 3.09. The maximum absolute atomic E-state index is 4.56. The van der Waals surface area contributed by atoms with Crippen LogP contribution >= 0.6 is 0 Å². The number of aromatic nitrogens is 5. The van der Waals surface area contributed by atoms with Gasteiger partial charge in [-0.25, -0.2) is 9.97 Å². The maximum Gasteiger partial charge on any atom is 0.227 e. The van der Waals surface area contributed by atoms with Gasteiger partial charge in [-0.3, -0.25) is 0 Å². The molecule has 24 heavy (non-hydrogen) atoms. The van der Waals surface area contributed by atoms with Crippen LogP contribution in [0.4, 0.5) is 11.6 Å². The molecule has 0 amide bonds. The van der Waals surface area contributed by atoms with Crippen LogP contribution in [0.5, 0.6) is 0 Å². The first-order valence-electron chi connectivity index (χ1n) is 7.85. The van der Waals surface area contributed by atoms with Gasteiger partial charge in [-0.15, -0.1) is 0 Å². The summed E-state index contributed by atoms with van der Waals surface area (Å²) in [7, 11) is 0. The van der Waals surface area contributed by atoms with Crippen molar-refractivity contribution in [1.29, 1.82) is 0 Å². The summed E-state index contributed by atoms with van der Waals surface area (Å²) in [4.78, 5) is 8.82. The molecule has 4 rings (SSSR count). The standard InChI is InChI=1S/C16H12N6.C2H6/c1-2-5-12(6-3-1)20-16-17-10-8-14(21-16)13-11-19-22-15(13)7-4-9-18-22;1-2/h1-11H,(H,17,20,21);1-2H3. The number of para-hydroxylation sites is 1. The van der Waals surface area contributed by atoms with Crippen LogP contribution in [0.3, 0.4) is 0 Å². The fourth-order valence-electron chi connectivity index (χ4n) is 2.25. The SMILES string of the molecule is CC.c1ccc(Nc2nccc(-c3cnn4ncccc34)n2)cc1. The van der Waals surface area contributed by atoms with Crippen LogP contribution in [0, 0.1) is 0 Å². The van der Waals surface area contributed by atoms with Crippen molar-refractivity contribution < 1.29 is 0 Å². The predicted octanol–water partition coefficient (Wildman–Crippen LogP) is 3.96.